The van der Waals surface area contributed by atoms with Gasteiger partial charge in [0, 0.05) is 37.4 Å². The Morgan fingerprint density at radius 2 is 2.04 bits per heavy atom. The van der Waals surface area contributed by atoms with Crippen molar-refractivity contribution in [3.63, 3.8) is 0 Å². The van der Waals surface area contributed by atoms with Crippen molar-refractivity contribution in [2.75, 3.05) is 31.1 Å². The van der Waals surface area contributed by atoms with Gasteiger partial charge in [-0.3, -0.25) is 0 Å². The maximum atomic E-state index is 5.83. The number of benzene rings is 2. The maximum Gasteiger partial charge on any atom is 0.168 e. The Hall–Kier alpha value is -2.46. The van der Waals surface area contributed by atoms with Crippen molar-refractivity contribution < 1.29 is 9.47 Å². The summed E-state index contributed by atoms with van der Waals surface area (Å²) in [4.78, 5) is 2.55. The molecule has 0 spiro atoms. The summed E-state index contributed by atoms with van der Waals surface area (Å²) >= 11 is 0. The number of nitrogens with zero attached hydrogens (tertiary/aromatic N) is 1. The molecule has 28 heavy (non-hydrogen) atoms. The predicted molar refractivity (Wildman–Crippen MR) is 112 cm³/mol. The van der Waals surface area contributed by atoms with Gasteiger partial charge < -0.3 is 19.7 Å². The largest absolute Gasteiger partial charge is 0.485 e. The zero-order valence-electron chi connectivity index (χ0n) is 16.3. The van der Waals surface area contributed by atoms with Gasteiger partial charge in [0.25, 0.3) is 0 Å². The molecule has 1 aliphatic carbocycles. The summed E-state index contributed by atoms with van der Waals surface area (Å²) < 4.78 is 11.4. The van der Waals surface area contributed by atoms with Crippen molar-refractivity contribution in [3.8, 4) is 11.5 Å². The van der Waals surface area contributed by atoms with E-state index in [0.717, 1.165) is 37.1 Å². The van der Waals surface area contributed by atoms with Crippen LogP contribution in [0.1, 0.15) is 36.3 Å². The van der Waals surface area contributed by atoms with Crippen molar-refractivity contribution in [2.45, 2.75) is 37.6 Å². The number of ether oxygens (including phenoxy) is 2. The average Bonchev–Trinajstić information content (AvgIpc) is 2.96. The molecule has 0 bridgehead atoms. The van der Waals surface area contributed by atoms with Crippen LogP contribution in [0.15, 0.2) is 54.8 Å². The van der Waals surface area contributed by atoms with Gasteiger partial charge >= 0.3 is 0 Å². The molecule has 2 unspecified atom stereocenters. The predicted octanol–water partition coefficient (Wildman–Crippen LogP) is 4.26. The third-order valence-electron chi connectivity index (χ3n) is 6.29. The summed E-state index contributed by atoms with van der Waals surface area (Å²) in [5, 5.41) is 3.58. The summed E-state index contributed by atoms with van der Waals surface area (Å²) in [6.07, 6.45) is 8.66. The van der Waals surface area contributed by atoms with E-state index in [1.54, 1.807) is 17.4 Å². The van der Waals surface area contributed by atoms with E-state index < -0.39 is 0 Å². The highest BCUT2D eigenvalue weighted by atomic mass is 16.5. The van der Waals surface area contributed by atoms with Crippen molar-refractivity contribution in [1.29, 1.82) is 0 Å². The molecule has 1 N–H and O–H groups in total. The van der Waals surface area contributed by atoms with Crippen LogP contribution in [0.25, 0.3) is 0 Å². The van der Waals surface area contributed by atoms with E-state index in [0.29, 0.717) is 12.6 Å². The van der Waals surface area contributed by atoms with Crippen LogP contribution in [0.4, 0.5) is 5.69 Å². The number of piperazine rings is 1. The first-order valence-corrected chi connectivity index (χ1v) is 10.5. The lowest BCUT2D eigenvalue weighted by Gasteiger charge is -2.39. The zero-order valence-corrected chi connectivity index (χ0v) is 16.3. The Balaban J connectivity index is 1.23. The minimum absolute atomic E-state index is 0.534. The molecule has 0 amide bonds. The number of rotatable bonds is 5. The van der Waals surface area contributed by atoms with E-state index in [9.17, 15) is 0 Å². The van der Waals surface area contributed by atoms with Crippen molar-refractivity contribution in [2.24, 2.45) is 0 Å². The molecule has 2 atom stereocenters. The average molecular weight is 377 g/mol. The Labute approximate surface area is 167 Å². The molecule has 0 radical (unpaired) electrons. The Kier molecular flexibility index (Phi) is 4.96. The van der Waals surface area contributed by atoms with Crippen LogP contribution in [0.5, 0.6) is 11.5 Å². The molecular formula is C24H28N2O2. The van der Waals surface area contributed by atoms with Gasteiger partial charge in [-0.15, -0.1) is 0 Å². The summed E-state index contributed by atoms with van der Waals surface area (Å²) in [6.45, 7) is 3.68. The highest BCUT2D eigenvalue weighted by Crippen LogP contribution is 2.39. The zero-order chi connectivity index (χ0) is 18.8. The SMILES string of the molecule is C1=COc2ccc(N3CCNCC3CCCC3Cc4ccccc43)cc2OC1. The summed E-state index contributed by atoms with van der Waals surface area (Å²) in [5.41, 5.74) is 4.37. The molecule has 5 rings (SSSR count). The van der Waals surface area contributed by atoms with Gasteiger partial charge in [-0.05, 0) is 54.5 Å². The molecule has 2 aromatic rings. The van der Waals surface area contributed by atoms with E-state index in [-0.39, 0.29) is 0 Å². The topological polar surface area (TPSA) is 33.7 Å². The lowest BCUT2D eigenvalue weighted by Crippen LogP contribution is -2.51. The van der Waals surface area contributed by atoms with Crippen LogP contribution in [0.2, 0.25) is 0 Å². The molecule has 1 saturated heterocycles. The van der Waals surface area contributed by atoms with Crippen molar-refractivity contribution in [1.82, 2.24) is 5.32 Å². The second-order valence-corrected chi connectivity index (χ2v) is 8.01. The number of hydrogen-bond acceptors (Lipinski definition) is 4. The highest BCUT2D eigenvalue weighted by molar-refractivity contribution is 5.57. The van der Waals surface area contributed by atoms with Gasteiger partial charge in [0.1, 0.15) is 6.61 Å². The molecule has 4 heteroatoms. The first-order valence-electron chi connectivity index (χ1n) is 10.5. The van der Waals surface area contributed by atoms with Crippen LogP contribution >= 0.6 is 0 Å². The van der Waals surface area contributed by atoms with E-state index in [1.807, 2.05) is 12.1 Å². The van der Waals surface area contributed by atoms with Crippen LogP contribution in [-0.2, 0) is 6.42 Å². The highest BCUT2D eigenvalue weighted by Gasteiger charge is 2.27. The van der Waals surface area contributed by atoms with Gasteiger partial charge in [-0.2, -0.15) is 0 Å². The monoisotopic (exact) mass is 376 g/mol. The van der Waals surface area contributed by atoms with Gasteiger partial charge in [-0.25, -0.2) is 0 Å². The normalized spacial score (nSPS) is 22.9. The minimum Gasteiger partial charge on any atom is -0.485 e. The van der Waals surface area contributed by atoms with Crippen LogP contribution < -0.4 is 19.7 Å². The van der Waals surface area contributed by atoms with Crippen molar-refractivity contribution >= 4 is 5.69 Å². The number of hydrogen-bond donors (Lipinski definition) is 1. The van der Waals surface area contributed by atoms with Gasteiger partial charge in [0.15, 0.2) is 11.5 Å². The van der Waals surface area contributed by atoms with E-state index >= 15 is 0 Å². The molecule has 3 aliphatic rings. The molecule has 0 saturated carbocycles. The fraction of sp³-hybridized carbons (Fsp3) is 0.417. The molecule has 146 valence electrons. The van der Waals surface area contributed by atoms with E-state index in [1.165, 1.54) is 31.4 Å². The summed E-state index contributed by atoms with van der Waals surface area (Å²) in [7, 11) is 0. The van der Waals surface area contributed by atoms with Crippen LogP contribution in [0, 0.1) is 0 Å². The third-order valence-corrected chi connectivity index (χ3v) is 6.29. The van der Waals surface area contributed by atoms with Crippen LogP contribution in [0.3, 0.4) is 0 Å². The Bertz CT molecular complexity index is 863. The second kappa shape index (κ2) is 7.88. The smallest absolute Gasteiger partial charge is 0.168 e. The van der Waals surface area contributed by atoms with Gasteiger partial charge in [-0.1, -0.05) is 30.7 Å². The number of nitrogens with one attached hydrogen (secondary N) is 1. The molecular weight excluding hydrogens is 348 g/mol. The summed E-state index contributed by atoms with van der Waals surface area (Å²) in [6, 6.07) is 15.8. The molecule has 4 nitrogen and oxygen atoms in total. The first kappa shape index (κ1) is 17.6. The standard InChI is InChI=1S/C24H28N2O2/c1-2-8-22-18(5-1)15-19(22)6-3-7-21-17-25-11-12-26(21)20-9-10-23-24(16-20)28-14-4-13-27-23/h1-2,4-5,8-10,13,16,19,21,25H,3,6-7,11-12,14-15,17H2. The Morgan fingerprint density at radius 1 is 1.07 bits per heavy atom. The molecule has 1 fully saturated rings. The maximum absolute atomic E-state index is 5.83. The van der Waals surface area contributed by atoms with Crippen molar-refractivity contribution in [3.05, 3.63) is 65.9 Å². The number of anilines is 1. The summed E-state index contributed by atoms with van der Waals surface area (Å²) in [5.74, 6) is 2.41. The minimum atomic E-state index is 0.534. The van der Waals surface area contributed by atoms with Crippen LogP contribution in [-0.4, -0.2) is 32.3 Å². The lowest BCUT2D eigenvalue weighted by molar-refractivity contribution is 0.356. The third kappa shape index (κ3) is 3.49. The molecule has 2 heterocycles. The first-order chi connectivity index (χ1) is 13.9. The van der Waals surface area contributed by atoms with E-state index in [2.05, 4.69) is 46.6 Å². The fourth-order valence-electron chi connectivity index (χ4n) is 4.76. The molecule has 2 aromatic carbocycles. The molecule has 2 aliphatic heterocycles. The van der Waals surface area contributed by atoms with E-state index in [4.69, 9.17) is 9.47 Å². The fourth-order valence-corrected chi connectivity index (χ4v) is 4.76. The van der Waals surface area contributed by atoms with Gasteiger partial charge in [0.05, 0.1) is 6.26 Å². The second-order valence-electron chi connectivity index (χ2n) is 8.01. The Morgan fingerprint density at radius 3 is 3.00 bits per heavy atom. The number of fused-ring (bicyclic) bond motifs is 2. The van der Waals surface area contributed by atoms with Gasteiger partial charge in [0.2, 0.25) is 0 Å². The quantitative estimate of drug-likeness (QED) is 0.845. The molecule has 0 aromatic heterocycles. The lowest BCUT2D eigenvalue weighted by atomic mass is 9.75.